The van der Waals surface area contributed by atoms with Gasteiger partial charge in [-0.2, -0.15) is 0 Å². The molecule has 148 valence electrons. The Balaban J connectivity index is 2.45. The molecule has 2 aromatic carbocycles. The number of rotatable bonds is 9. The maximum atomic E-state index is 13.4. The molecular formula is C17H22BrN2O5PS. The minimum absolute atomic E-state index is 0.00939. The van der Waals surface area contributed by atoms with Gasteiger partial charge in [-0.1, -0.05) is 28.1 Å². The van der Waals surface area contributed by atoms with Gasteiger partial charge in [-0.3, -0.25) is 4.57 Å². The van der Waals surface area contributed by atoms with Crippen molar-refractivity contribution in [1.82, 2.24) is 0 Å². The van der Waals surface area contributed by atoms with Crippen LogP contribution in [0, 0.1) is 0 Å². The first-order valence-electron chi connectivity index (χ1n) is 8.23. The number of halogens is 1. The molecule has 2 rings (SSSR count). The van der Waals surface area contributed by atoms with E-state index in [1.807, 2.05) is 24.3 Å². The van der Waals surface area contributed by atoms with Crippen LogP contribution in [0.5, 0.6) is 0 Å². The molecule has 0 bridgehead atoms. The van der Waals surface area contributed by atoms with Crippen LogP contribution in [-0.2, 0) is 23.6 Å². The first-order valence-corrected chi connectivity index (χ1v) is 12.2. The van der Waals surface area contributed by atoms with Crippen molar-refractivity contribution in [3.63, 3.8) is 0 Å². The normalized spacial score (nSPS) is 13.3. The van der Waals surface area contributed by atoms with Gasteiger partial charge < -0.3 is 14.4 Å². The highest BCUT2D eigenvalue weighted by Crippen LogP contribution is 2.60. The molecule has 0 aromatic heterocycles. The lowest BCUT2D eigenvalue weighted by atomic mass is 10.2. The molecule has 0 spiro atoms. The fourth-order valence-electron chi connectivity index (χ4n) is 2.47. The SMILES string of the molecule is CCOP(=O)(OCC)C(Nc1ccc(S(N)(=O)=O)cc1)c1cccc(Br)c1. The van der Waals surface area contributed by atoms with Gasteiger partial charge in [-0.05, 0) is 55.8 Å². The molecule has 10 heteroatoms. The smallest absolute Gasteiger partial charge is 0.357 e. The zero-order valence-corrected chi connectivity index (χ0v) is 18.3. The number of nitrogens with one attached hydrogen (secondary N) is 1. The second-order valence-electron chi connectivity index (χ2n) is 5.55. The average Bonchev–Trinajstić information content (AvgIpc) is 2.59. The van der Waals surface area contributed by atoms with Gasteiger partial charge in [0.25, 0.3) is 0 Å². The standard InChI is InChI=1S/C17H22BrN2O5PS/c1-3-24-26(21,25-4-2)17(13-6-5-7-14(18)12-13)20-15-8-10-16(11-9-15)27(19,22)23/h5-12,17,20H,3-4H2,1-2H3,(H2,19,22,23). The van der Waals surface area contributed by atoms with Gasteiger partial charge in [-0.15, -0.1) is 0 Å². The van der Waals surface area contributed by atoms with Crippen LogP contribution in [-0.4, -0.2) is 21.6 Å². The highest BCUT2D eigenvalue weighted by atomic mass is 79.9. The molecule has 0 aliphatic carbocycles. The molecule has 1 unspecified atom stereocenters. The zero-order chi connectivity index (χ0) is 20.1. The molecule has 7 nitrogen and oxygen atoms in total. The van der Waals surface area contributed by atoms with E-state index in [2.05, 4.69) is 21.2 Å². The van der Waals surface area contributed by atoms with Crippen LogP contribution >= 0.6 is 23.5 Å². The number of hydrogen-bond donors (Lipinski definition) is 2. The van der Waals surface area contributed by atoms with Crippen molar-refractivity contribution in [2.24, 2.45) is 5.14 Å². The summed E-state index contributed by atoms with van der Waals surface area (Å²) in [7, 11) is -7.35. The first-order chi connectivity index (χ1) is 12.7. The number of sulfonamides is 1. The van der Waals surface area contributed by atoms with E-state index >= 15 is 0 Å². The summed E-state index contributed by atoms with van der Waals surface area (Å²) in [5.74, 6) is -0.782. The monoisotopic (exact) mass is 476 g/mol. The van der Waals surface area contributed by atoms with E-state index < -0.39 is 23.4 Å². The molecule has 2 aromatic rings. The van der Waals surface area contributed by atoms with E-state index in [1.54, 1.807) is 26.0 Å². The van der Waals surface area contributed by atoms with Crippen LogP contribution in [0.4, 0.5) is 5.69 Å². The van der Waals surface area contributed by atoms with Gasteiger partial charge in [0.2, 0.25) is 10.0 Å². The Morgan fingerprint density at radius 2 is 1.70 bits per heavy atom. The van der Waals surface area contributed by atoms with Gasteiger partial charge in [0, 0.05) is 10.2 Å². The van der Waals surface area contributed by atoms with Gasteiger partial charge in [0.05, 0.1) is 18.1 Å². The van der Waals surface area contributed by atoms with E-state index in [-0.39, 0.29) is 18.1 Å². The molecule has 0 heterocycles. The number of hydrogen-bond acceptors (Lipinski definition) is 6. The van der Waals surface area contributed by atoms with Crippen molar-refractivity contribution in [2.75, 3.05) is 18.5 Å². The molecular weight excluding hydrogens is 455 g/mol. The first kappa shape index (κ1) is 22.1. The Hall–Kier alpha value is -1.22. The van der Waals surface area contributed by atoms with Crippen molar-refractivity contribution in [2.45, 2.75) is 24.5 Å². The minimum atomic E-state index is -3.79. The third-order valence-electron chi connectivity index (χ3n) is 3.58. The summed E-state index contributed by atoms with van der Waals surface area (Å²) < 4.78 is 48.1. The van der Waals surface area contributed by atoms with Crippen molar-refractivity contribution in [3.05, 3.63) is 58.6 Å². The fraction of sp³-hybridized carbons (Fsp3) is 0.294. The Bertz CT molecular complexity index is 911. The summed E-state index contributed by atoms with van der Waals surface area (Å²) in [6, 6.07) is 13.2. The topological polar surface area (TPSA) is 108 Å². The second kappa shape index (κ2) is 9.32. The molecule has 0 fully saturated rings. The third kappa shape index (κ3) is 5.88. The predicted octanol–water partition coefficient (Wildman–Crippen LogP) is 4.47. The molecule has 0 amide bonds. The Morgan fingerprint density at radius 1 is 1.11 bits per heavy atom. The molecule has 0 aliphatic rings. The van der Waals surface area contributed by atoms with Crippen molar-refractivity contribution in [3.8, 4) is 0 Å². The summed E-state index contributed by atoms with van der Waals surface area (Å²) in [4.78, 5) is -0.00939. The molecule has 27 heavy (non-hydrogen) atoms. The summed E-state index contributed by atoms with van der Waals surface area (Å²) in [6.07, 6.45) is 0. The Morgan fingerprint density at radius 3 is 2.19 bits per heavy atom. The lowest BCUT2D eigenvalue weighted by Crippen LogP contribution is -2.16. The molecule has 0 radical (unpaired) electrons. The second-order valence-corrected chi connectivity index (χ2v) is 10.1. The van der Waals surface area contributed by atoms with Crippen LogP contribution in [0.25, 0.3) is 0 Å². The minimum Gasteiger partial charge on any atom is -0.368 e. The summed E-state index contributed by atoms with van der Waals surface area (Å²) in [5, 5.41) is 8.27. The van der Waals surface area contributed by atoms with E-state index in [4.69, 9.17) is 14.2 Å². The van der Waals surface area contributed by atoms with Gasteiger partial charge in [0.1, 0.15) is 0 Å². The van der Waals surface area contributed by atoms with E-state index in [0.29, 0.717) is 11.3 Å². The van der Waals surface area contributed by atoms with Gasteiger partial charge >= 0.3 is 7.60 Å². The average molecular weight is 477 g/mol. The van der Waals surface area contributed by atoms with Crippen molar-refractivity contribution in [1.29, 1.82) is 0 Å². The largest absolute Gasteiger partial charge is 0.368 e. The third-order valence-corrected chi connectivity index (χ3v) is 7.30. The zero-order valence-electron chi connectivity index (χ0n) is 15.0. The molecule has 0 saturated carbocycles. The summed E-state index contributed by atoms with van der Waals surface area (Å²) in [6.45, 7) is 3.91. The molecule has 0 aliphatic heterocycles. The highest BCUT2D eigenvalue weighted by Gasteiger charge is 2.37. The maximum Gasteiger partial charge on any atom is 0.357 e. The number of benzene rings is 2. The predicted molar refractivity (Wildman–Crippen MR) is 109 cm³/mol. The lowest BCUT2D eigenvalue weighted by molar-refractivity contribution is 0.214. The highest BCUT2D eigenvalue weighted by molar-refractivity contribution is 9.10. The quantitative estimate of drug-likeness (QED) is 0.516. The van der Waals surface area contributed by atoms with Crippen LogP contribution < -0.4 is 10.5 Å². The van der Waals surface area contributed by atoms with Crippen LogP contribution in [0.15, 0.2) is 57.9 Å². The number of anilines is 1. The molecule has 3 N–H and O–H groups in total. The maximum absolute atomic E-state index is 13.4. The number of nitrogens with two attached hydrogens (primary N) is 1. The van der Waals surface area contributed by atoms with Crippen LogP contribution in [0.2, 0.25) is 0 Å². The Labute approximate surface area is 168 Å². The molecule has 1 atom stereocenters. The number of primary sulfonamides is 1. The summed E-state index contributed by atoms with van der Waals surface area (Å²) in [5.41, 5.74) is 1.25. The van der Waals surface area contributed by atoms with Crippen molar-refractivity contribution >= 4 is 39.2 Å². The summed E-state index contributed by atoms with van der Waals surface area (Å²) >= 11 is 3.41. The molecule has 0 saturated heterocycles. The lowest BCUT2D eigenvalue weighted by Gasteiger charge is -2.28. The van der Waals surface area contributed by atoms with Crippen LogP contribution in [0.3, 0.4) is 0 Å². The van der Waals surface area contributed by atoms with Crippen LogP contribution in [0.1, 0.15) is 25.2 Å². The fourth-order valence-corrected chi connectivity index (χ4v) is 5.32. The Kier molecular flexibility index (Phi) is 7.62. The van der Waals surface area contributed by atoms with Gasteiger partial charge in [-0.25, -0.2) is 13.6 Å². The van der Waals surface area contributed by atoms with Crippen molar-refractivity contribution < 1.29 is 22.0 Å². The van der Waals surface area contributed by atoms with E-state index in [1.165, 1.54) is 12.1 Å². The van der Waals surface area contributed by atoms with Gasteiger partial charge in [0.15, 0.2) is 5.78 Å². The van der Waals surface area contributed by atoms with E-state index in [9.17, 15) is 13.0 Å². The van der Waals surface area contributed by atoms with E-state index in [0.717, 1.165) is 4.47 Å².